The third-order valence-corrected chi connectivity index (χ3v) is 9.00. The number of piperidine rings is 1. The molecule has 8 heteroatoms. The molecule has 1 unspecified atom stereocenters. The summed E-state index contributed by atoms with van der Waals surface area (Å²) in [6.07, 6.45) is 8.72. The summed E-state index contributed by atoms with van der Waals surface area (Å²) in [7, 11) is 0. The zero-order chi connectivity index (χ0) is 29.1. The third kappa shape index (κ3) is 6.32. The maximum absolute atomic E-state index is 14.6. The molecular formula is C32H43FN2O5. The first-order chi connectivity index (χ1) is 19.0. The molecule has 1 N–H and O–H groups in total. The minimum absolute atomic E-state index is 0.0529. The molecule has 0 spiro atoms. The van der Waals surface area contributed by atoms with Crippen LogP contribution in [-0.4, -0.2) is 51.7 Å². The van der Waals surface area contributed by atoms with Gasteiger partial charge in [0.25, 0.3) is 5.56 Å². The zero-order valence-corrected chi connectivity index (χ0v) is 24.2. The van der Waals surface area contributed by atoms with Crippen LogP contribution in [0.5, 0.6) is 0 Å². The number of carbonyl (C=O) groups excluding carboxylic acids is 2. The quantitative estimate of drug-likeness (QED) is 0.440. The maximum Gasteiger partial charge on any atom is 0.340 e. The van der Waals surface area contributed by atoms with Crippen molar-refractivity contribution in [1.29, 1.82) is 0 Å². The fourth-order valence-electron chi connectivity index (χ4n) is 6.43. The lowest BCUT2D eigenvalue weighted by atomic mass is 9.69. The van der Waals surface area contributed by atoms with Crippen molar-refractivity contribution < 1.29 is 23.8 Å². The summed E-state index contributed by atoms with van der Waals surface area (Å²) in [5.74, 6) is -0.564. The van der Waals surface area contributed by atoms with Gasteiger partial charge in [-0.1, -0.05) is 71.1 Å². The summed E-state index contributed by atoms with van der Waals surface area (Å²) in [6.45, 7) is 8.31. The van der Waals surface area contributed by atoms with Crippen LogP contribution >= 0.6 is 0 Å². The molecule has 1 aliphatic heterocycles. The molecule has 1 aromatic carbocycles. The number of hydrogen-bond donors (Lipinski definition) is 1. The van der Waals surface area contributed by atoms with E-state index in [9.17, 15) is 23.9 Å². The highest BCUT2D eigenvalue weighted by Crippen LogP contribution is 2.41. The number of carbonyl (C=O) groups is 2. The highest BCUT2D eigenvalue weighted by atomic mass is 19.1. The van der Waals surface area contributed by atoms with Gasteiger partial charge in [0.05, 0.1) is 24.3 Å². The monoisotopic (exact) mass is 554 g/mol. The van der Waals surface area contributed by atoms with Crippen molar-refractivity contribution in [3.8, 4) is 11.1 Å². The lowest BCUT2D eigenvalue weighted by molar-refractivity contribution is -0.157. The van der Waals surface area contributed by atoms with Crippen LogP contribution in [0.1, 0.15) is 83.0 Å². The van der Waals surface area contributed by atoms with E-state index >= 15 is 0 Å². The summed E-state index contributed by atoms with van der Waals surface area (Å²) in [6, 6.07) is 7.18. The molecule has 1 aromatic heterocycles. The Balaban J connectivity index is 1.56. The number of benzene rings is 1. The third-order valence-electron chi connectivity index (χ3n) is 9.00. The predicted octanol–water partition coefficient (Wildman–Crippen LogP) is 5.43. The van der Waals surface area contributed by atoms with Crippen LogP contribution in [0, 0.1) is 23.1 Å². The van der Waals surface area contributed by atoms with E-state index < -0.39 is 28.4 Å². The number of pyridine rings is 1. The molecule has 2 aromatic rings. The van der Waals surface area contributed by atoms with Crippen molar-refractivity contribution in [1.82, 2.24) is 9.47 Å². The molecule has 40 heavy (non-hydrogen) atoms. The number of ether oxygens (including phenoxy) is 1. The van der Waals surface area contributed by atoms with Crippen LogP contribution in [0.3, 0.4) is 0 Å². The molecule has 4 rings (SSSR count). The molecule has 7 nitrogen and oxygen atoms in total. The van der Waals surface area contributed by atoms with Crippen LogP contribution in [0.2, 0.25) is 0 Å². The SMILES string of the molecule is CCOC(=O)c1cn(C[C@]2(O)CCN(C(=O)C(C)CC3CCCCC3)CC2(C)C)c(=O)cc1-c1ccccc1F. The number of amides is 1. The van der Waals surface area contributed by atoms with Gasteiger partial charge in [0.1, 0.15) is 5.82 Å². The van der Waals surface area contributed by atoms with Gasteiger partial charge in [0, 0.05) is 47.8 Å². The second-order valence-corrected chi connectivity index (χ2v) is 12.3. The van der Waals surface area contributed by atoms with Crippen LogP contribution in [-0.2, 0) is 16.1 Å². The second-order valence-electron chi connectivity index (χ2n) is 12.3. The summed E-state index contributed by atoms with van der Waals surface area (Å²) >= 11 is 0. The van der Waals surface area contributed by atoms with Gasteiger partial charge in [-0.15, -0.1) is 0 Å². The first kappa shape index (κ1) is 30.0. The Kier molecular flexibility index (Phi) is 9.18. The Hall–Kier alpha value is -3.00. The average molecular weight is 555 g/mol. The number of nitrogens with zero attached hydrogens (tertiary/aromatic N) is 2. The number of aromatic nitrogens is 1. The molecule has 218 valence electrons. The van der Waals surface area contributed by atoms with E-state index in [1.807, 2.05) is 25.7 Å². The van der Waals surface area contributed by atoms with E-state index in [1.54, 1.807) is 13.0 Å². The van der Waals surface area contributed by atoms with Crippen molar-refractivity contribution in [3.05, 3.63) is 58.3 Å². The zero-order valence-electron chi connectivity index (χ0n) is 24.2. The average Bonchev–Trinajstić information content (AvgIpc) is 2.92. The van der Waals surface area contributed by atoms with Crippen LogP contribution in [0.25, 0.3) is 11.1 Å². The molecule has 1 saturated carbocycles. The van der Waals surface area contributed by atoms with Crippen molar-refractivity contribution >= 4 is 11.9 Å². The van der Waals surface area contributed by atoms with Crippen molar-refractivity contribution in [3.63, 3.8) is 0 Å². The van der Waals surface area contributed by atoms with Crippen LogP contribution < -0.4 is 5.56 Å². The molecule has 1 aliphatic carbocycles. The van der Waals surface area contributed by atoms with Gasteiger partial charge in [-0.3, -0.25) is 9.59 Å². The summed E-state index contributed by atoms with van der Waals surface area (Å²) in [5, 5.41) is 11.9. The van der Waals surface area contributed by atoms with E-state index in [0.29, 0.717) is 19.0 Å². The Bertz CT molecular complexity index is 1280. The highest BCUT2D eigenvalue weighted by molar-refractivity contribution is 5.97. The fourth-order valence-corrected chi connectivity index (χ4v) is 6.43. The number of likely N-dealkylation sites (tertiary alicyclic amines) is 1. The fraction of sp³-hybridized carbons (Fsp3) is 0.594. The van der Waals surface area contributed by atoms with Crippen molar-refractivity contribution in [2.75, 3.05) is 19.7 Å². The summed E-state index contributed by atoms with van der Waals surface area (Å²) in [5.41, 5.74) is -2.17. The van der Waals surface area contributed by atoms with E-state index in [4.69, 9.17) is 4.74 Å². The number of aliphatic hydroxyl groups is 1. The minimum Gasteiger partial charge on any atom is -0.462 e. The van der Waals surface area contributed by atoms with Crippen molar-refractivity contribution in [2.45, 2.75) is 84.8 Å². The first-order valence-corrected chi connectivity index (χ1v) is 14.6. The highest BCUT2D eigenvalue weighted by Gasteiger charge is 2.49. The van der Waals surface area contributed by atoms with E-state index in [2.05, 4.69) is 0 Å². The van der Waals surface area contributed by atoms with Crippen LogP contribution in [0.4, 0.5) is 4.39 Å². The second kappa shape index (κ2) is 12.2. The van der Waals surface area contributed by atoms with Gasteiger partial charge in [-0.2, -0.15) is 0 Å². The normalized spacial score (nSPS) is 22.1. The molecule has 1 saturated heterocycles. The van der Waals surface area contributed by atoms with E-state index in [0.717, 1.165) is 6.42 Å². The molecule has 1 amide bonds. The smallest absolute Gasteiger partial charge is 0.340 e. The lowest BCUT2D eigenvalue weighted by Gasteiger charge is -2.51. The number of halogens is 1. The number of rotatable bonds is 8. The molecule has 2 heterocycles. The van der Waals surface area contributed by atoms with Gasteiger partial charge in [0.2, 0.25) is 5.91 Å². The Labute approximate surface area is 236 Å². The Morgan fingerprint density at radius 2 is 1.85 bits per heavy atom. The predicted molar refractivity (Wildman–Crippen MR) is 152 cm³/mol. The van der Waals surface area contributed by atoms with Gasteiger partial charge in [-0.05, 0) is 31.7 Å². The molecule has 0 radical (unpaired) electrons. The molecule has 0 bridgehead atoms. The first-order valence-electron chi connectivity index (χ1n) is 14.6. The van der Waals surface area contributed by atoms with Gasteiger partial charge < -0.3 is 19.3 Å². The summed E-state index contributed by atoms with van der Waals surface area (Å²) in [4.78, 5) is 41.3. The van der Waals surface area contributed by atoms with E-state index in [-0.39, 0.29) is 48.1 Å². The van der Waals surface area contributed by atoms with E-state index in [1.165, 1.54) is 67.1 Å². The topological polar surface area (TPSA) is 88.8 Å². The number of hydrogen-bond acceptors (Lipinski definition) is 5. The van der Waals surface area contributed by atoms with Gasteiger partial charge >= 0.3 is 5.97 Å². The standard InChI is InChI=1S/C32H43FN2O5/c1-5-40-30(38)26-19-35(28(36)18-25(26)24-13-9-10-14-27(24)33)21-32(39)15-16-34(20-31(32,3)4)29(37)22(2)17-23-11-7-6-8-12-23/h9-10,13-14,18-19,22-23,39H,5-8,11-12,15-17,20-21H2,1-4H3/t22?,32-/m1/s1. The maximum atomic E-state index is 14.6. The number of esters is 1. The molecule has 2 fully saturated rings. The molecule has 2 aliphatic rings. The Morgan fingerprint density at radius 1 is 1.15 bits per heavy atom. The van der Waals surface area contributed by atoms with Gasteiger partial charge in [-0.25, -0.2) is 9.18 Å². The molecular weight excluding hydrogens is 511 g/mol. The summed E-state index contributed by atoms with van der Waals surface area (Å²) < 4.78 is 21.2. The minimum atomic E-state index is -1.31. The molecule has 2 atom stereocenters. The lowest BCUT2D eigenvalue weighted by Crippen LogP contribution is -2.61. The van der Waals surface area contributed by atoms with Gasteiger partial charge in [0.15, 0.2) is 0 Å². The van der Waals surface area contributed by atoms with Crippen LogP contribution in [0.15, 0.2) is 41.3 Å². The largest absolute Gasteiger partial charge is 0.462 e. The van der Waals surface area contributed by atoms with Crippen molar-refractivity contribution in [2.24, 2.45) is 17.3 Å². The Morgan fingerprint density at radius 3 is 2.50 bits per heavy atom.